The Morgan fingerprint density at radius 1 is 1.11 bits per heavy atom. The highest BCUT2D eigenvalue weighted by Gasteiger charge is 2.37. The van der Waals surface area contributed by atoms with Gasteiger partial charge >= 0.3 is 0 Å². The second kappa shape index (κ2) is 8.17. The molecule has 0 saturated carbocycles. The van der Waals surface area contributed by atoms with Crippen LogP contribution in [0.4, 0.5) is 0 Å². The molecule has 0 radical (unpaired) electrons. The van der Waals surface area contributed by atoms with E-state index in [9.17, 15) is 4.79 Å². The first-order chi connectivity index (χ1) is 13.4. The Kier molecular flexibility index (Phi) is 5.82. The number of carbonyl (C=O) groups excluding carboxylic acids is 1. The molecule has 2 unspecified atom stereocenters. The van der Waals surface area contributed by atoms with Crippen molar-refractivity contribution in [3.05, 3.63) is 17.0 Å². The fourth-order valence-corrected chi connectivity index (χ4v) is 5.35. The molecule has 28 heavy (non-hydrogen) atoms. The first-order valence-electron chi connectivity index (χ1n) is 11.4. The summed E-state index contributed by atoms with van der Waals surface area (Å²) in [5, 5.41) is 4.28. The lowest BCUT2D eigenvalue weighted by molar-refractivity contribution is 0.0576. The molecule has 5 nitrogen and oxygen atoms in total. The van der Waals surface area contributed by atoms with Crippen molar-refractivity contribution >= 4 is 5.91 Å². The molecule has 3 aliphatic rings. The number of amides is 1. The number of aryl methyl sites for hydroxylation is 1. The summed E-state index contributed by atoms with van der Waals surface area (Å²) in [5.74, 6) is 1.65. The van der Waals surface area contributed by atoms with E-state index in [2.05, 4.69) is 35.7 Å². The summed E-state index contributed by atoms with van der Waals surface area (Å²) in [5.41, 5.74) is 1.95. The highest BCUT2D eigenvalue weighted by Crippen LogP contribution is 2.39. The number of fused-ring (bicyclic) bond motifs is 1. The minimum absolute atomic E-state index is 0.116. The van der Waals surface area contributed by atoms with Crippen molar-refractivity contribution in [1.82, 2.24) is 15.0 Å². The molecule has 1 aromatic rings. The third kappa shape index (κ3) is 4.14. The van der Waals surface area contributed by atoms with Gasteiger partial charge in [0.1, 0.15) is 5.76 Å². The molecule has 0 bridgehead atoms. The van der Waals surface area contributed by atoms with Gasteiger partial charge in [-0.05, 0) is 75.8 Å². The van der Waals surface area contributed by atoms with E-state index in [1.54, 1.807) is 0 Å². The number of hydrogen-bond donors (Lipinski definition) is 0. The van der Waals surface area contributed by atoms with Crippen LogP contribution in [0.1, 0.15) is 87.5 Å². The Labute approximate surface area is 169 Å². The molecule has 1 aliphatic carbocycles. The van der Waals surface area contributed by atoms with Crippen LogP contribution < -0.4 is 0 Å². The van der Waals surface area contributed by atoms with E-state index >= 15 is 0 Å². The van der Waals surface area contributed by atoms with Crippen LogP contribution in [-0.2, 0) is 12.8 Å². The van der Waals surface area contributed by atoms with Crippen molar-refractivity contribution in [3.63, 3.8) is 0 Å². The zero-order valence-electron chi connectivity index (χ0n) is 18.0. The molecular formula is C23H37N3O2. The normalized spacial score (nSPS) is 26.5. The molecule has 5 heteroatoms. The highest BCUT2D eigenvalue weighted by molar-refractivity contribution is 5.94. The topological polar surface area (TPSA) is 49.6 Å². The van der Waals surface area contributed by atoms with E-state index < -0.39 is 0 Å². The fourth-order valence-electron chi connectivity index (χ4n) is 5.35. The summed E-state index contributed by atoms with van der Waals surface area (Å²) >= 11 is 0. The minimum atomic E-state index is 0.116. The van der Waals surface area contributed by atoms with Crippen LogP contribution in [0.3, 0.4) is 0 Å². The molecule has 0 N–H and O–H groups in total. The lowest BCUT2D eigenvalue weighted by Crippen LogP contribution is -2.45. The molecule has 156 valence electrons. The first-order valence-corrected chi connectivity index (χ1v) is 11.4. The molecule has 1 aromatic heterocycles. The molecule has 2 atom stereocenters. The number of hydrogen-bond acceptors (Lipinski definition) is 4. The van der Waals surface area contributed by atoms with Crippen molar-refractivity contribution in [1.29, 1.82) is 0 Å². The number of nitrogens with zero attached hydrogens (tertiary/aromatic N) is 3. The average Bonchev–Trinajstić information content (AvgIpc) is 3.34. The predicted octanol–water partition coefficient (Wildman–Crippen LogP) is 4.31. The van der Waals surface area contributed by atoms with Gasteiger partial charge in [0.05, 0.1) is 0 Å². The van der Waals surface area contributed by atoms with Crippen molar-refractivity contribution in [2.45, 2.75) is 84.6 Å². The smallest absolute Gasteiger partial charge is 0.276 e. The molecule has 3 heterocycles. The fraction of sp³-hybridized carbons (Fsp3) is 0.826. The van der Waals surface area contributed by atoms with Gasteiger partial charge in [-0.3, -0.25) is 4.79 Å². The van der Waals surface area contributed by atoms with Gasteiger partial charge in [0.2, 0.25) is 0 Å². The van der Waals surface area contributed by atoms with E-state index in [0.717, 1.165) is 62.9 Å². The number of aromatic nitrogens is 1. The van der Waals surface area contributed by atoms with Crippen molar-refractivity contribution < 1.29 is 9.32 Å². The van der Waals surface area contributed by atoms with Crippen LogP contribution >= 0.6 is 0 Å². The van der Waals surface area contributed by atoms with E-state index in [1.165, 1.54) is 32.4 Å². The molecule has 0 aromatic carbocycles. The number of carbonyl (C=O) groups is 1. The standard InChI is InChI=1S/C23H37N3O2/c1-23(2,3)17-9-10-20-19(16-17)21(24-28-20)22(27)26-14-5-4-8-18(26)11-15-25-12-6-7-13-25/h17-18H,4-16H2,1-3H3. The van der Waals surface area contributed by atoms with Gasteiger partial charge in [-0.15, -0.1) is 0 Å². The van der Waals surface area contributed by atoms with Gasteiger partial charge in [0.15, 0.2) is 5.69 Å². The van der Waals surface area contributed by atoms with E-state index in [0.29, 0.717) is 17.7 Å². The van der Waals surface area contributed by atoms with Gasteiger partial charge in [-0.1, -0.05) is 25.9 Å². The number of piperidine rings is 1. The van der Waals surface area contributed by atoms with Crippen LogP contribution in [0.25, 0.3) is 0 Å². The zero-order valence-corrected chi connectivity index (χ0v) is 18.0. The van der Waals surface area contributed by atoms with Gasteiger partial charge in [0, 0.05) is 31.1 Å². The van der Waals surface area contributed by atoms with Gasteiger partial charge in [-0.25, -0.2) is 0 Å². The Hall–Kier alpha value is -1.36. The van der Waals surface area contributed by atoms with Crippen molar-refractivity contribution in [3.8, 4) is 0 Å². The van der Waals surface area contributed by atoms with Crippen LogP contribution in [0.2, 0.25) is 0 Å². The SMILES string of the molecule is CC(C)(C)C1CCc2onc(C(=O)N3CCCCC3CCN3CCCC3)c2C1. The Morgan fingerprint density at radius 3 is 2.61 bits per heavy atom. The number of likely N-dealkylation sites (tertiary alicyclic amines) is 2. The van der Waals surface area contributed by atoms with E-state index in [4.69, 9.17) is 4.52 Å². The highest BCUT2D eigenvalue weighted by atomic mass is 16.5. The van der Waals surface area contributed by atoms with Crippen LogP contribution in [-0.4, -0.2) is 53.1 Å². The number of rotatable bonds is 4. The summed E-state index contributed by atoms with van der Waals surface area (Å²) in [6.45, 7) is 11.4. The maximum Gasteiger partial charge on any atom is 0.276 e. The first kappa shape index (κ1) is 19.9. The summed E-state index contributed by atoms with van der Waals surface area (Å²) < 4.78 is 5.63. The quantitative estimate of drug-likeness (QED) is 0.773. The zero-order chi connectivity index (χ0) is 19.7. The molecular weight excluding hydrogens is 350 g/mol. The molecule has 0 spiro atoms. The molecule has 2 aliphatic heterocycles. The summed E-state index contributed by atoms with van der Waals surface area (Å²) in [4.78, 5) is 18.2. The van der Waals surface area contributed by atoms with E-state index in [-0.39, 0.29) is 11.3 Å². The molecule has 2 saturated heterocycles. The maximum atomic E-state index is 13.5. The van der Waals surface area contributed by atoms with Crippen LogP contribution in [0, 0.1) is 11.3 Å². The largest absolute Gasteiger partial charge is 0.360 e. The predicted molar refractivity (Wildman–Crippen MR) is 110 cm³/mol. The minimum Gasteiger partial charge on any atom is -0.360 e. The Balaban J connectivity index is 1.47. The average molecular weight is 388 g/mol. The lowest BCUT2D eigenvalue weighted by Gasteiger charge is -2.37. The second-order valence-corrected chi connectivity index (χ2v) is 10.2. The summed E-state index contributed by atoms with van der Waals surface area (Å²) in [7, 11) is 0. The van der Waals surface area contributed by atoms with Gasteiger partial charge in [0.25, 0.3) is 5.91 Å². The maximum absolute atomic E-state index is 13.5. The Bertz CT molecular complexity index is 685. The van der Waals surface area contributed by atoms with Crippen molar-refractivity contribution in [2.75, 3.05) is 26.2 Å². The molecule has 1 amide bonds. The van der Waals surface area contributed by atoms with Gasteiger partial charge in [-0.2, -0.15) is 0 Å². The lowest BCUT2D eigenvalue weighted by atomic mass is 9.71. The Morgan fingerprint density at radius 2 is 1.86 bits per heavy atom. The summed E-state index contributed by atoms with van der Waals surface area (Å²) in [6, 6.07) is 0.358. The summed E-state index contributed by atoms with van der Waals surface area (Å²) in [6.07, 6.45) is 10.2. The van der Waals surface area contributed by atoms with Crippen LogP contribution in [0.5, 0.6) is 0 Å². The third-order valence-electron chi connectivity index (χ3n) is 7.33. The van der Waals surface area contributed by atoms with Crippen molar-refractivity contribution in [2.24, 2.45) is 11.3 Å². The molecule has 4 rings (SSSR count). The monoisotopic (exact) mass is 387 g/mol. The second-order valence-electron chi connectivity index (χ2n) is 10.2. The van der Waals surface area contributed by atoms with Gasteiger partial charge < -0.3 is 14.3 Å². The van der Waals surface area contributed by atoms with Crippen LogP contribution in [0.15, 0.2) is 4.52 Å². The molecule has 2 fully saturated rings. The third-order valence-corrected chi connectivity index (χ3v) is 7.33. The van der Waals surface area contributed by atoms with E-state index in [1.807, 2.05) is 0 Å².